The fraction of sp³-hybridized carbons (Fsp3) is 0.375. The number of halogens is 1. The van der Waals surface area contributed by atoms with Crippen molar-refractivity contribution in [2.45, 2.75) is 33.2 Å². The van der Waals surface area contributed by atoms with Gasteiger partial charge >= 0.3 is 0 Å². The molecule has 21 heavy (non-hydrogen) atoms. The van der Waals surface area contributed by atoms with Crippen LogP contribution in [0.3, 0.4) is 0 Å². The quantitative estimate of drug-likeness (QED) is 0.663. The highest BCUT2D eigenvalue weighted by molar-refractivity contribution is 7.11. The van der Waals surface area contributed by atoms with E-state index in [2.05, 4.69) is 48.5 Å². The number of hydrogen-bond acceptors (Lipinski definition) is 3. The summed E-state index contributed by atoms with van der Waals surface area (Å²) in [4.78, 5) is 10.6. The van der Waals surface area contributed by atoms with Crippen molar-refractivity contribution in [1.82, 2.24) is 14.5 Å². The van der Waals surface area contributed by atoms with Gasteiger partial charge in [-0.25, -0.2) is 9.97 Å². The van der Waals surface area contributed by atoms with Crippen LogP contribution in [0.1, 0.15) is 34.2 Å². The molecule has 1 aromatic carbocycles. The molecule has 1 atom stereocenters. The summed E-state index contributed by atoms with van der Waals surface area (Å²) in [6, 6.07) is 6.49. The Morgan fingerprint density at radius 1 is 1.33 bits per heavy atom. The van der Waals surface area contributed by atoms with Crippen molar-refractivity contribution in [2.75, 3.05) is 5.88 Å². The summed E-state index contributed by atoms with van der Waals surface area (Å²) >= 11 is 7.70. The second-order valence-electron chi connectivity index (χ2n) is 5.26. The zero-order chi connectivity index (χ0) is 15.0. The second kappa shape index (κ2) is 5.78. The molecule has 0 saturated carbocycles. The minimum absolute atomic E-state index is 0.175. The molecule has 0 N–H and O–H groups in total. The molecule has 0 aliphatic rings. The Kier molecular flexibility index (Phi) is 4.00. The van der Waals surface area contributed by atoms with Crippen molar-refractivity contribution in [3.63, 3.8) is 0 Å². The van der Waals surface area contributed by atoms with Gasteiger partial charge in [-0.3, -0.25) is 0 Å². The summed E-state index contributed by atoms with van der Waals surface area (Å²) in [5, 5.41) is 1.11. The molecule has 0 bridgehead atoms. The first-order valence-electron chi connectivity index (χ1n) is 7.06. The molecule has 3 nitrogen and oxygen atoms in total. The van der Waals surface area contributed by atoms with Gasteiger partial charge in [0.05, 0.1) is 17.1 Å². The van der Waals surface area contributed by atoms with Crippen LogP contribution in [0.25, 0.3) is 11.0 Å². The lowest BCUT2D eigenvalue weighted by atomic mass is 10.2. The third kappa shape index (κ3) is 2.58. The largest absolute Gasteiger partial charge is 0.318 e. The highest BCUT2D eigenvalue weighted by Crippen LogP contribution is 2.29. The number of imidazole rings is 1. The highest BCUT2D eigenvalue weighted by Gasteiger charge is 2.19. The van der Waals surface area contributed by atoms with Gasteiger partial charge < -0.3 is 4.57 Å². The maximum Gasteiger partial charge on any atom is 0.115 e. The third-order valence-electron chi connectivity index (χ3n) is 3.70. The molecule has 0 aliphatic heterocycles. The summed E-state index contributed by atoms with van der Waals surface area (Å²) < 4.78 is 2.28. The lowest BCUT2D eigenvalue weighted by Crippen LogP contribution is -2.11. The Morgan fingerprint density at radius 2 is 2.14 bits per heavy atom. The topological polar surface area (TPSA) is 30.7 Å². The summed E-state index contributed by atoms with van der Waals surface area (Å²) in [5.41, 5.74) is 3.43. The van der Waals surface area contributed by atoms with Gasteiger partial charge in [-0.05, 0) is 32.4 Å². The van der Waals surface area contributed by atoms with E-state index < -0.39 is 0 Å². The molecular weight excluding hydrogens is 302 g/mol. The normalized spacial score (nSPS) is 13.0. The number of aryl methyl sites for hydroxylation is 3. The first kappa shape index (κ1) is 14.5. The average Bonchev–Trinajstić information content (AvgIpc) is 3.03. The fourth-order valence-electron chi connectivity index (χ4n) is 2.67. The zero-order valence-electron chi connectivity index (χ0n) is 12.4. The first-order valence-corrected chi connectivity index (χ1v) is 8.41. The lowest BCUT2D eigenvalue weighted by molar-refractivity contribution is 0.620. The number of hydrogen-bond donors (Lipinski definition) is 0. The highest BCUT2D eigenvalue weighted by atomic mass is 35.5. The van der Waals surface area contributed by atoms with E-state index in [0.717, 1.165) is 28.3 Å². The summed E-state index contributed by atoms with van der Waals surface area (Å²) in [6.07, 6.45) is 2.70. The van der Waals surface area contributed by atoms with Gasteiger partial charge in [0.25, 0.3) is 0 Å². The molecule has 0 fully saturated rings. The Balaban J connectivity index is 2.19. The number of alkyl halides is 1. The van der Waals surface area contributed by atoms with Crippen LogP contribution in [0.5, 0.6) is 0 Å². The minimum atomic E-state index is 0.175. The van der Waals surface area contributed by atoms with Crippen LogP contribution in [0.2, 0.25) is 0 Å². The number of fused-ring (bicyclic) bond motifs is 1. The number of aromatic nitrogens is 3. The lowest BCUT2D eigenvalue weighted by Gasteiger charge is -2.15. The van der Waals surface area contributed by atoms with Crippen LogP contribution >= 0.6 is 22.9 Å². The van der Waals surface area contributed by atoms with Crippen molar-refractivity contribution < 1.29 is 0 Å². The Labute approximate surface area is 133 Å². The number of para-hydroxylation sites is 1. The van der Waals surface area contributed by atoms with Crippen molar-refractivity contribution >= 4 is 34.0 Å². The van der Waals surface area contributed by atoms with Crippen molar-refractivity contribution in [3.05, 3.63) is 45.7 Å². The predicted molar refractivity (Wildman–Crippen MR) is 89.6 cm³/mol. The number of thiazole rings is 1. The molecule has 3 aromatic rings. The van der Waals surface area contributed by atoms with Gasteiger partial charge in [-0.15, -0.1) is 22.9 Å². The molecular formula is C16H18ClN3S. The van der Waals surface area contributed by atoms with Crippen LogP contribution in [0, 0.1) is 13.8 Å². The summed E-state index contributed by atoms with van der Waals surface area (Å²) in [7, 11) is 0. The molecule has 110 valence electrons. The van der Waals surface area contributed by atoms with E-state index in [1.807, 2.05) is 6.20 Å². The maximum atomic E-state index is 5.96. The SMILES string of the molecule is Cc1cnc(C(C)n2c(CCCl)nc3c(C)cccc32)s1. The predicted octanol–water partition coefficient (Wildman–Crippen LogP) is 4.50. The molecule has 0 spiro atoms. The Bertz CT molecular complexity index is 775. The van der Waals surface area contributed by atoms with E-state index in [1.165, 1.54) is 10.4 Å². The van der Waals surface area contributed by atoms with Gasteiger partial charge in [0.15, 0.2) is 0 Å². The zero-order valence-corrected chi connectivity index (χ0v) is 14.0. The molecule has 2 aromatic heterocycles. The smallest absolute Gasteiger partial charge is 0.115 e. The van der Waals surface area contributed by atoms with Gasteiger partial charge in [0, 0.05) is 23.4 Å². The van der Waals surface area contributed by atoms with E-state index in [4.69, 9.17) is 16.6 Å². The molecule has 1 unspecified atom stereocenters. The first-order chi connectivity index (χ1) is 10.1. The van der Waals surface area contributed by atoms with E-state index >= 15 is 0 Å². The van der Waals surface area contributed by atoms with E-state index in [0.29, 0.717) is 5.88 Å². The standard InChI is InChI=1S/C16H18ClN3S/c1-10-5-4-6-13-15(10)19-14(7-8-17)20(13)12(3)16-18-9-11(2)21-16/h4-6,9,12H,7-8H2,1-3H3. The molecule has 0 aliphatic carbocycles. The molecule has 0 radical (unpaired) electrons. The Hall–Kier alpha value is -1.39. The molecule has 2 heterocycles. The summed E-state index contributed by atoms with van der Waals surface area (Å²) in [5.74, 6) is 1.61. The third-order valence-corrected chi connectivity index (χ3v) is 4.97. The van der Waals surface area contributed by atoms with Gasteiger partial charge in [0.1, 0.15) is 10.8 Å². The maximum absolute atomic E-state index is 5.96. The number of benzene rings is 1. The van der Waals surface area contributed by atoms with Crippen LogP contribution in [-0.4, -0.2) is 20.4 Å². The van der Waals surface area contributed by atoms with Gasteiger partial charge in [-0.2, -0.15) is 0 Å². The number of nitrogens with zero attached hydrogens (tertiary/aromatic N) is 3. The summed E-state index contributed by atoms with van der Waals surface area (Å²) in [6.45, 7) is 6.37. The average molecular weight is 320 g/mol. The van der Waals surface area contributed by atoms with Crippen molar-refractivity contribution in [1.29, 1.82) is 0 Å². The van der Waals surface area contributed by atoms with Crippen LogP contribution in [0.4, 0.5) is 0 Å². The molecule has 3 rings (SSSR count). The van der Waals surface area contributed by atoms with E-state index in [1.54, 1.807) is 11.3 Å². The monoisotopic (exact) mass is 319 g/mol. The minimum Gasteiger partial charge on any atom is -0.318 e. The van der Waals surface area contributed by atoms with Crippen molar-refractivity contribution in [2.24, 2.45) is 0 Å². The molecule has 5 heteroatoms. The fourth-order valence-corrected chi connectivity index (χ4v) is 3.66. The second-order valence-corrected chi connectivity index (χ2v) is 6.91. The molecule has 0 saturated heterocycles. The molecule has 0 amide bonds. The van der Waals surface area contributed by atoms with Crippen LogP contribution in [0.15, 0.2) is 24.4 Å². The Morgan fingerprint density at radius 3 is 2.81 bits per heavy atom. The van der Waals surface area contributed by atoms with Crippen LogP contribution in [-0.2, 0) is 6.42 Å². The number of rotatable bonds is 4. The van der Waals surface area contributed by atoms with E-state index in [-0.39, 0.29) is 6.04 Å². The van der Waals surface area contributed by atoms with E-state index in [9.17, 15) is 0 Å². The van der Waals surface area contributed by atoms with Gasteiger partial charge in [-0.1, -0.05) is 12.1 Å². The van der Waals surface area contributed by atoms with Gasteiger partial charge in [0.2, 0.25) is 0 Å². The van der Waals surface area contributed by atoms with Crippen molar-refractivity contribution in [3.8, 4) is 0 Å². The van der Waals surface area contributed by atoms with Crippen LogP contribution < -0.4 is 0 Å².